The van der Waals surface area contributed by atoms with E-state index < -0.39 is 5.54 Å². The molecule has 0 saturated carbocycles. The third-order valence-corrected chi connectivity index (χ3v) is 5.49. The Labute approximate surface area is 142 Å². The summed E-state index contributed by atoms with van der Waals surface area (Å²) in [7, 11) is 0. The zero-order valence-electron chi connectivity index (χ0n) is 13.1. The Morgan fingerprint density at radius 2 is 2.29 bits per heavy atom. The van der Waals surface area contributed by atoms with Crippen LogP contribution in [-0.2, 0) is 11.3 Å². The summed E-state index contributed by atoms with van der Waals surface area (Å²) >= 11 is 1.68. The third kappa shape index (κ3) is 2.47. The van der Waals surface area contributed by atoms with Crippen molar-refractivity contribution in [2.24, 2.45) is 0 Å². The molecule has 124 valence electrons. The van der Waals surface area contributed by atoms with Gasteiger partial charge in [0.05, 0.1) is 6.54 Å². The number of carbonyl (C=O) groups excluding carboxylic acids is 2. The first-order valence-corrected chi connectivity index (χ1v) is 8.84. The maximum atomic E-state index is 12.6. The van der Waals surface area contributed by atoms with Gasteiger partial charge in [-0.15, -0.1) is 0 Å². The van der Waals surface area contributed by atoms with Gasteiger partial charge in [-0.1, -0.05) is 22.9 Å². The van der Waals surface area contributed by atoms with Crippen LogP contribution in [0.15, 0.2) is 28.8 Å². The number of amides is 3. The molecule has 2 aliphatic heterocycles. The van der Waals surface area contributed by atoms with Crippen molar-refractivity contribution in [2.75, 3.05) is 11.5 Å². The van der Waals surface area contributed by atoms with Gasteiger partial charge in [-0.3, -0.25) is 9.69 Å². The minimum atomic E-state index is -0.745. The molecule has 2 aliphatic rings. The normalized spacial score (nSPS) is 23.3. The Kier molecular flexibility index (Phi) is 3.56. The van der Waals surface area contributed by atoms with E-state index in [9.17, 15) is 9.59 Å². The van der Waals surface area contributed by atoms with Gasteiger partial charge in [0.2, 0.25) is 0 Å². The first-order chi connectivity index (χ1) is 11.6. The lowest BCUT2D eigenvalue weighted by atomic mass is 9.99. The quantitative estimate of drug-likeness (QED) is 0.857. The van der Waals surface area contributed by atoms with Gasteiger partial charge in [-0.25, -0.2) is 4.79 Å². The number of urea groups is 1. The lowest BCUT2D eigenvalue weighted by Gasteiger charge is -2.18. The Balaban J connectivity index is 1.54. The maximum Gasteiger partial charge on any atom is 0.325 e. The monoisotopic (exact) mass is 344 g/mol. The highest BCUT2D eigenvalue weighted by Gasteiger charge is 2.53. The fraction of sp³-hybridized carbons (Fsp3) is 0.375. The number of hydrogen-bond acceptors (Lipinski definition) is 6. The molecule has 1 unspecified atom stereocenters. The van der Waals surface area contributed by atoms with Gasteiger partial charge in [0, 0.05) is 11.3 Å². The number of nitrogens with one attached hydrogen (secondary N) is 1. The van der Waals surface area contributed by atoms with Crippen LogP contribution in [0.2, 0.25) is 0 Å². The third-order valence-electron chi connectivity index (χ3n) is 4.30. The molecule has 0 aliphatic carbocycles. The van der Waals surface area contributed by atoms with Crippen LogP contribution in [0.25, 0.3) is 11.5 Å². The van der Waals surface area contributed by atoms with E-state index in [2.05, 4.69) is 15.5 Å². The average molecular weight is 344 g/mol. The Hall–Kier alpha value is -2.35. The average Bonchev–Trinajstić information content (AvgIpc) is 3.26. The van der Waals surface area contributed by atoms with E-state index in [0.717, 1.165) is 16.9 Å². The molecule has 1 aromatic carbocycles. The van der Waals surface area contributed by atoms with Crippen molar-refractivity contribution in [3.8, 4) is 11.5 Å². The molecule has 1 atom stereocenters. The lowest BCUT2D eigenvalue weighted by molar-refractivity contribution is -0.131. The molecule has 24 heavy (non-hydrogen) atoms. The molecule has 2 fully saturated rings. The van der Waals surface area contributed by atoms with E-state index in [1.807, 2.05) is 31.2 Å². The Morgan fingerprint density at radius 3 is 3.04 bits per heavy atom. The molecular weight excluding hydrogens is 328 g/mol. The van der Waals surface area contributed by atoms with Gasteiger partial charge in [-0.2, -0.15) is 16.7 Å². The molecule has 0 radical (unpaired) electrons. The van der Waals surface area contributed by atoms with Gasteiger partial charge in [0.1, 0.15) is 5.54 Å². The minimum absolute atomic E-state index is 0.0202. The van der Waals surface area contributed by atoms with Gasteiger partial charge in [0.25, 0.3) is 11.8 Å². The summed E-state index contributed by atoms with van der Waals surface area (Å²) in [4.78, 5) is 30.3. The number of carbonyl (C=O) groups is 2. The largest absolute Gasteiger partial charge is 0.334 e. The number of hydrogen-bond donors (Lipinski definition) is 1. The summed E-state index contributed by atoms with van der Waals surface area (Å²) in [6.45, 7) is 2.00. The van der Waals surface area contributed by atoms with E-state index in [1.54, 1.807) is 11.8 Å². The smallest absolute Gasteiger partial charge is 0.325 e. The van der Waals surface area contributed by atoms with E-state index in [4.69, 9.17) is 4.52 Å². The second-order valence-corrected chi connectivity index (χ2v) is 7.20. The molecule has 0 bridgehead atoms. The zero-order valence-corrected chi connectivity index (χ0v) is 13.9. The van der Waals surface area contributed by atoms with Crippen LogP contribution in [0, 0.1) is 6.92 Å². The SMILES string of the molecule is Cc1cccc(-c2nc(CN3C(=O)NC4(CCSC4)C3=O)no2)c1. The van der Waals surface area contributed by atoms with Crippen molar-refractivity contribution in [3.63, 3.8) is 0 Å². The van der Waals surface area contributed by atoms with Crippen LogP contribution in [0.1, 0.15) is 17.8 Å². The molecule has 4 rings (SSSR count). The lowest BCUT2D eigenvalue weighted by Crippen LogP contribution is -2.46. The zero-order chi connectivity index (χ0) is 16.7. The molecule has 1 aromatic heterocycles. The number of aromatic nitrogens is 2. The Bertz CT molecular complexity index is 813. The van der Waals surface area contributed by atoms with Crippen molar-refractivity contribution in [1.82, 2.24) is 20.4 Å². The van der Waals surface area contributed by atoms with Gasteiger partial charge in [-0.05, 0) is 31.2 Å². The van der Waals surface area contributed by atoms with E-state index in [-0.39, 0.29) is 18.5 Å². The van der Waals surface area contributed by atoms with E-state index in [0.29, 0.717) is 23.9 Å². The molecule has 1 N–H and O–H groups in total. The first kappa shape index (κ1) is 15.2. The van der Waals surface area contributed by atoms with Crippen LogP contribution in [-0.4, -0.2) is 44.0 Å². The molecule has 2 saturated heterocycles. The van der Waals surface area contributed by atoms with E-state index in [1.165, 1.54) is 4.90 Å². The molecule has 1 spiro atoms. The molecule has 8 heteroatoms. The minimum Gasteiger partial charge on any atom is -0.334 e. The fourth-order valence-electron chi connectivity index (χ4n) is 3.01. The first-order valence-electron chi connectivity index (χ1n) is 7.69. The molecule has 3 heterocycles. The number of aryl methyl sites for hydroxylation is 1. The topological polar surface area (TPSA) is 88.3 Å². The van der Waals surface area contributed by atoms with Crippen molar-refractivity contribution >= 4 is 23.7 Å². The predicted octanol–water partition coefficient (Wildman–Crippen LogP) is 1.97. The van der Waals surface area contributed by atoms with Crippen molar-refractivity contribution in [2.45, 2.75) is 25.4 Å². The van der Waals surface area contributed by atoms with Gasteiger partial charge >= 0.3 is 6.03 Å². The van der Waals surface area contributed by atoms with Crippen LogP contribution < -0.4 is 5.32 Å². The van der Waals surface area contributed by atoms with Crippen molar-refractivity contribution in [3.05, 3.63) is 35.7 Å². The summed E-state index contributed by atoms with van der Waals surface area (Å²) in [5.41, 5.74) is 1.15. The standard InChI is InChI=1S/C16H16N4O3S/c1-10-3-2-4-11(7-10)13-17-12(19-23-13)8-20-14(21)16(18-15(20)22)5-6-24-9-16/h2-4,7H,5-6,8-9H2,1H3,(H,18,22). The van der Waals surface area contributed by atoms with Crippen molar-refractivity contribution < 1.29 is 14.1 Å². The summed E-state index contributed by atoms with van der Waals surface area (Å²) in [6, 6.07) is 7.32. The van der Waals surface area contributed by atoms with Crippen molar-refractivity contribution in [1.29, 1.82) is 0 Å². The number of rotatable bonds is 3. The van der Waals surface area contributed by atoms with Gasteiger partial charge < -0.3 is 9.84 Å². The fourth-order valence-corrected chi connectivity index (χ4v) is 4.33. The summed E-state index contributed by atoms with van der Waals surface area (Å²) in [5, 5.41) is 6.73. The highest BCUT2D eigenvalue weighted by atomic mass is 32.2. The van der Waals surface area contributed by atoms with Crippen LogP contribution >= 0.6 is 11.8 Å². The number of benzene rings is 1. The van der Waals surface area contributed by atoms with Gasteiger partial charge in [0.15, 0.2) is 5.82 Å². The van der Waals surface area contributed by atoms with Crippen LogP contribution in [0.5, 0.6) is 0 Å². The molecule has 7 nitrogen and oxygen atoms in total. The highest BCUT2D eigenvalue weighted by Crippen LogP contribution is 2.33. The number of thioether (sulfide) groups is 1. The predicted molar refractivity (Wildman–Crippen MR) is 88.2 cm³/mol. The molecule has 2 aromatic rings. The number of imide groups is 1. The highest BCUT2D eigenvalue weighted by molar-refractivity contribution is 7.99. The maximum absolute atomic E-state index is 12.6. The summed E-state index contributed by atoms with van der Waals surface area (Å²) in [6.07, 6.45) is 0.666. The van der Waals surface area contributed by atoms with Crippen LogP contribution in [0.3, 0.4) is 0 Å². The molecular formula is C16H16N4O3S. The number of nitrogens with zero attached hydrogens (tertiary/aromatic N) is 3. The van der Waals surface area contributed by atoms with E-state index >= 15 is 0 Å². The summed E-state index contributed by atoms with van der Waals surface area (Å²) < 4.78 is 5.27. The second-order valence-electron chi connectivity index (χ2n) is 6.09. The second kappa shape index (κ2) is 5.62. The Morgan fingerprint density at radius 1 is 1.42 bits per heavy atom. The summed E-state index contributed by atoms with van der Waals surface area (Å²) in [5.74, 6) is 2.00. The van der Waals surface area contributed by atoms with Crippen LogP contribution in [0.4, 0.5) is 4.79 Å². The molecule has 3 amide bonds.